The van der Waals surface area contributed by atoms with Crippen molar-refractivity contribution in [1.82, 2.24) is 30.0 Å². The Balaban J connectivity index is 1.33. The predicted octanol–water partition coefficient (Wildman–Crippen LogP) is 2.67. The van der Waals surface area contributed by atoms with E-state index in [-0.39, 0.29) is 11.7 Å². The van der Waals surface area contributed by atoms with Crippen LogP contribution in [-0.4, -0.2) is 68.1 Å². The summed E-state index contributed by atoms with van der Waals surface area (Å²) in [5.41, 5.74) is 4.72. The molecule has 1 spiro atoms. The van der Waals surface area contributed by atoms with Crippen LogP contribution in [0.25, 0.3) is 11.1 Å². The van der Waals surface area contributed by atoms with E-state index in [1.54, 1.807) is 11.6 Å². The Morgan fingerprint density at radius 3 is 2.50 bits per heavy atom. The van der Waals surface area contributed by atoms with Gasteiger partial charge in [0.2, 0.25) is 11.9 Å². The number of hydrogen-bond acceptors (Lipinski definition) is 7. The highest BCUT2D eigenvalue weighted by molar-refractivity contribution is 5.95. The van der Waals surface area contributed by atoms with Crippen LogP contribution in [0.4, 0.5) is 5.95 Å². The molecule has 2 aromatic heterocycles. The second-order valence-corrected chi connectivity index (χ2v) is 9.97. The minimum atomic E-state index is -0.572. The third-order valence-corrected chi connectivity index (χ3v) is 7.24. The second-order valence-electron chi connectivity index (χ2n) is 9.97. The molecule has 5 rings (SSSR count). The normalized spacial score (nSPS) is 17.6. The van der Waals surface area contributed by atoms with Gasteiger partial charge in [-0.25, -0.2) is 9.97 Å². The molecule has 2 aliphatic heterocycles. The van der Waals surface area contributed by atoms with Gasteiger partial charge in [0.1, 0.15) is 5.54 Å². The number of nitrogens with zero attached hydrogens (tertiary/aromatic N) is 6. The fourth-order valence-corrected chi connectivity index (χ4v) is 5.37. The van der Waals surface area contributed by atoms with E-state index >= 15 is 0 Å². The summed E-state index contributed by atoms with van der Waals surface area (Å²) in [5.74, 6) is 0.899. The Morgan fingerprint density at radius 2 is 1.81 bits per heavy atom. The molecule has 188 valence electrons. The molecular formula is C27H33N7O2. The Morgan fingerprint density at radius 1 is 1.08 bits per heavy atom. The lowest BCUT2D eigenvalue weighted by molar-refractivity contribution is -0.143. The molecule has 2 saturated heterocycles. The number of benzene rings is 1. The van der Waals surface area contributed by atoms with Crippen LogP contribution in [0.1, 0.15) is 47.2 Å². The first-order valence-electron chi connectivity index (χ1n) is 12.5. The van der Waals surface area contributed by atoms with Gasteiger partial charge in [-0.05, 0) is 51.3 Å². The molecule has 9 nitrogen and oxygen atoms in total. The first-order chi connectivity index (χ1) is 17.2. The van der Waals surface area contributed by atoms with Crippen molar-refractivity contribution < 1.29 is 9.59 Å². The summed E-state index contributed by atoms with van der Waals surface area (Å²) in [4.78, 5) is 39.0. The van der Waals surface area contributed by atoms with Crippen molar-refractivity contribution in [2.75, 3.05) is 31.1 Å². The molecule has 0 saturated carbocycles. The molecule has 3 aromatic rings. The van der Waals surface area contributed by atoms with Crippen LogP contribution < -0.4 is 10.2 Å². The summed E-state index contributed by atoms with van der Waals surface area (Å²) in [5, 5.41) is 8.23. The summed E-state index contributed by atoms with van der Waals surface area (Å²) < 4.78 is 1.77. The maximum atomic E-state index is 13.8. The Bertz CT molecular complexity index is 1290. The van der Waals surface area contributed by atoms with E-state index in [9.17, 15) is 9.59 Å². The van der Waals surface area contributed by atoms with Crippen molar-refractivity contribution in [2.45, 2.75) is 45.7 Å². The number of piperazine rings is 1. The maximum Gasteiger partial charge on any atom is 0.243 e. The van der Waals surface area contributed by atoms with Crippen molar-refractivity contribution in [2.24, 2.45) is 7.05 Å². The lowest BCUT2D eigenvalue weighted by Gasteiger charge is -2.47. The molecule has 1 amide bonds. The Kier molecular flexibility index (Phi) is 6.34. The number of amides is 1. The molecule has 4 heterocycles. The minimum Gasteiger partial charge on any atom is -0.341 e. The van der Waals surface area contributed by atoms with Crippen molar-refractivity contribution >= 4 is 17.6 Å². The summed E-state index contributed by atoms with van der Waals surface area (Å²) in [6, 6.07) is 9.57. The number of carbonyl (C=O) groups is 2. The van der Waals surface area contributed by atoms with Crippen LogP contribution in [0.2, 0.25) is 0 Å². The minimum absolute atomic E-state index is 0.0269. The molecule has 2 aliphatic rings. The highest BCUT2D eigenvalue weighted by Gasteiger charge is 2.46. The van der Waals surface area contributed by atoms with E-state index in [2.05, 4.69) is 25.3 Å². The fraction of sp³-hybridized carbons (Fsp3) is 0.444. The van der Waals surface area contributed by atoms with Gasteiger partial charge in [-0.1, -0.05) is 18.2 Å². The topological polar surface area (TPSA) is 96.2 Å². The average molecular weight is 488 g/mol. The van der Waals surface area contributed by atoms with E-state index in [4.69, 9.17) is 0 Å². The zero-order valence-electron chi connectivity index (χ0n) is 21.4. The molecular weight excluding hydrogens is 454 g/mol. The molecule has 36 heavy (non-hydrogen) atoms. The number of aromatic nitrogens is 4. The lowest BCUT2D eigenvalue weighted by atomic mass is 9.84. The Hall–Kier alpha value is -3.59. The number of hydrogen-bond donors (Lipinski definition) is 1. The van der Waals surface area contributed by atoms with Gasteiger partial charge in [0, 0.05) is 61.9 Å². The van der Waals surface area contributed by atoms with Crippen LogP contribution in [0, 0.1) is 13.8 Å². The van der Waals surface area contributed by atoms with Gasteiger partial charge < -0.3 is 15.1 Å². The highest BCUT2D eigenvalue weighted by Crippen LogP contribution is 2.31. The maximum absolute atomic E-state index is 13.8. The zero-order chi connectivity index (χ0) is 25.4. The van der Waals surface area contributed by atoms with E-state index in [0.717, 1.165) is 53.8 Å². The predicted molar refractivity (Wildman–Crippen MR) is 138 cm³/mol. The molecule has 1 aromatic carbocycles. The van der Waals surface area contributed by atoms with E-state index < -0.39 is 5.54 Å². The number of ketones is 1. The monoisotopic (exact) mass is 487 g/mol. The first-order valence-corrected chi connectivity index (χ1v) is 12.5. The van der Waals surface area contributed by atoms with Crippen molar-refractivity contribution in [3.05, 3.63) is 59.2 Å². The van der Waals surface area contributed by atoms with Crippen LogP contribution >= 0.6 is 0 Å². The third kappa shape index (κ3) is 4.63. The standard InChI is InChI=1S/C27H33N7O2/c1-18-14-19(2)30-26(29-18)33-11-8-27(9-12-33)25(36)34(13-10-28-27)17-24-23(16-32(4)31-24)22-7-5-6-21(15-22)20(3)35/h5-7,14-16,28H,8-13,17H2,1-4H3. The van der Waals surface area contributed by atoms with Crippen LogP contribution in [-0.2, 0) is 18.4 Å². The number of nitrogens with one attached hydrogen (secondary N) is 1. The average Bonchev–Trinajstić information content (AvgIpc) is 3.22. The number of anilines is 1. The molecule has 9 heteroatoms. The summed E-state index contributed by atoms with van der Waals surface area (Å²) in [7, 11) is 1.88. The van der Waals surface area contributed by atoms with Gasteiger partial charge in [-0.15, -0.1) is 0 Å². The van der Waals surface area contributed by atoms with Gasteiger partial charge in [-0.3, -0.25) is 14.3 Å². The number of carbonyl (C=O) groups excluding carboxylic acids is 2. The molecule has 1 N–H and O–H groups in total. The first kappa shape index (κ1) is 24.1. The lowest BCUT2D eigenvalue weighted by Crippen LogP contribution is -2.67. The SMILES string of the molecule is CC(=O)c1cccc(-c2cn(C)nc2CN2CCNC3(CCN(c4nc(C)cc(C)n4)CC3)C2=O)c1. The largest absolute Gasteiger partial charge is 0.341 e. The fourth-order valence-electron chi connectivity index (χ4n) is 5.37. The van der Waals surface area contributed by atoms with Crippen LogP contribution in [0.5, 0.6) is 0 Å². The van der Waals surface area contributed by atoms with Crippen molar-refractivity contribution in [3.63, 3.8) is 0 Å². The number of Topliss-reactive ketones (excluding diaryl/α,β-unsaturated/α-hetero) is 1. The smallest absolute Gasteiger partial charge is 0.243 e. The summed E-state index contributed by atoms with van der Waals surface area (Å²) >= 11 is 0. The van der Waals surface area contributed by atoms with E-state index in [1.807, 2.05) is 62.3 Å². The highest BCUT2D eigenvalue weighted by atomic mass is 16.2. The van der Waals surface area contributed by atoms with E-state index in [0.29, 0.717) is 31.5 Å². The van der Waals surface area contributed by atoms with Gasteiger partial charge >= 0.3 is 0 Å². The molecule has 0 aliphatic carbocycles. The summed E-state index contributed by atoms with van der Waals surface area (Å²) in [6.07, 6.45) is 3.36. The molecule has 0 radical (unpaired) electrons. The molecule has 0 bridgehead atoms. The van der Waals surface area contributed by atoms with Crippen molar-refractivity contribution in [3.8, 4) is 11.1 Å². The molecule has 0 atom stereocenters. The number of piperidine rings is 1. The second kappa shape index (κ2) is 9.46. The van der Waals surface area contributed by atoms with Crippen molar-refractivity contribution in [1.29, 1.82) is 0 Å². The van der Waals surface area contributed by atoms with Gasteiger partial charge in [0.25, 0.3) is 0 Å². The third-order valence-electron chi connectivity index (χ3n) is 7.24. The summed E-state index contributed by atoms with van der Waals surface area (Å²) in [6.45, 7) is 8.80. The quantitative estimate of drug-likeness (QED) is 0.553. The number of rotatable bonds is 5. The van der Waals surface area contributed by atoms with Crippen LogP contribution in [0.15, 0.2) is 36.5 Å². The number of aryl methyl sites for hydroxylation is 3. The van der Waals surface area contributed by atoms with E-state index in [1.165, 1.54) is 0 Å². The molecule has 0 unspecified atom stereocenters. The zero-order valence-corrected chi connectivity index (χ0v) is 21.4. The van der Waals surface area contributed by atoms with Crippen LogP contribution in [0.3, 0.4) is 0 Å². The molecule has 2 fully saturated rings. The van der Waals surface area contributed by atoms with Gasteiger partial charge in [0.05, 0.1) is 12.2 Å². The van der Waals surface area contributed by atoms with Gasteiger partial charge in [0.15, 0.2) is 5.78 Å². The Labute approximate surface area is 211 Å². The van der Waals surface area contributed by atoms with Gasteiger partial charge in [-0.2, -0.15) is 5.10 Å².